The van der Waals surface area contributed by atoms with Crippen LogP contribution in [0.25, 0.3) is 0 Å². The lowest BCUT2D eigenvalue weighted by molar-refractivity contribution is -0.190. The molecule has 0 aliphatic heterocycles. The minimum atomic E-state index is -4.68. The number of nitrogens with zero attached hydrogens (tertiary/aromatic N) is 2. The molecular formula is C11H18F3N3O2. The zero-order valence-corrected chi connectivity index (χ0v) is 11.3. The summed E-state index contributed by atoms with van der Waals surface area (Å²) in [6.45, 7) is 6.45. The predicted octanol–water partition coefficient (Wildman–Crippen LogP) is 2.47. The Morgan fingerprint density at radius 3 is 2.26 bits per heavy atom. The Balaban J connectivity index is 3.13. The first-order chi connectivity index (χ1) is 8.58. The van der Waals surface area contributed by atoms with E-state index in [1.807, 2.05) is 6.92 Å². The van der Waals surface area contributed by atoms with Crippen molar-refractivity contribution in [2.24, 2.45) is 5.73 Å². The van der Waals surface area contributed by atoms with Gasteiger partial charge in [-0.15, -0.1) is 0 Å². The van der Waals surface area contributed by atoms with Crippen LogP contribution in [-0.2, 0) is 15.9 Å². The molecule has 0 aliphatic carbocycles. The standard InChI is InChI=1S/C11H18F3N3O2/c1-5-9(3,18-6-2)7-16-8(19-17-7)10(4,15)11(12,13)14/h5-6,15H2,1-4H3. The Bertz CT molecular complexity index is 431. The second-order valence-corrected chi connectivity index (χ2v) is 4.64. The number of hydrogen-bond donors (Lipinski definition) is 1. The van der Waals surface area contributed by atoms with Crippen LogP contribution in [0.15, 0.2) is 4.52 Å². The smallest absolute Gasteiger partial charge is 0.367 e. The maximum Gasteiger partial charge on any atom is 0.415 e. The molecule has 0 saturated heterocycles. The molecule has 8 heteroatoms. The molecule has 0 radical (unpaired) electrons. The minimum absolute atomic E-state index is 0.0628. The molecule has 0 amide bonds. The van der Waals surface area contributed by atoms with Crippen molar-refractivity contribution >= 4 is 0 Å². The predicted molar refractivity (Wildman–Crippen MR) is 61.2 cm³/mol. The number of alkyl halides is 3. The summed E-state index contributed by atoms with van der Waals surface area (Å²) in [5, 5.41) is 3.57. The number of rotatable bonds is 5. The van der Waals surface area contributed by atoms with Gasteiger partial charge in [-0.25, -0.2) is 0 Å². The van der Waals surface area contributed by atoms with Crippen molar-refractivity contribution < 1.29 is 22.4 Å². The van der Waals surface area contributed by atoms with Crippen molar-refractivity contribution in [1.82, 2.24) is 10.1 Å². The zero-order chi connectivity index (χ0) is 14.9. The quantitative estimate of drug-likeness (QED) is 0.897. The molecule has 0 bridgehead atoms. The highest BCUT2D eigenvalue weighted by Gasteiger charge is 2.54. The topological polar surface area (TPSA) is 74.2 Å². The summed E-state index contributed by atoms with van der Waals surface area (Å²) in [7, 11) is 0. The molecule has 0 fully saturated rings. The molecule has 110 valence electrons. The molecule has 1 aromatic rings. The normalized spacial score (nSPS) is 18.9. The first-order valence-corrected chi connectivity index (χ1v) is 5.92. The van der Waals surface area contributed by atoms with Crippen molar-refractivity contribution in [2.75, 3.05) is 6.61 Å². The van der Waals surface area contributed by atoms with Gasteiger partial charge in [-0.2, -0.15) is 18.2 Å². The van der Waals surface area contributed by atoms with Crippen molar-refractivity contribution in [1.29, 1.82) is 0 Å². The van der Waals surface area contributed by atoms with Gasteiger partial charge in [0, 0.05) is 6.61 Å². The van der Waals surface area contributed by atoms with E-state index in [9.17, 15) is 13.2 Å². The van der Waals surface area contributed by atoms with Gasteiger partial charge in [0.05, 0.1) is 0 Å². The monoisotopic (exact) mass is 281 g/mol. The third kappa shape index (κ3) is 2.89. The van der Waals surface area contributed by atoms with Crippen LogP contribution in [0.2, 0.25) is 0 Å². The SMILES string of the molecule is CCOC(C)(CC)c1noc(C(C)(N)C(F)(F)F)n1. The maximum absolute atomic E-state index is 12.8. The van der Waals surface area contributed by atoms with E-state index < -0.39 is 23.2 Å². The van der Waals surface area contributed by atoms with E-state index in [0.717, 1.165) is 6.92 Å². The highest BCUT2D eigenvalue weighted by atomic mass is 19.4. The number of aromatic nitrogens is 2. The Morgan fingerprint density at radius 1 is 1.26 bits per heavy atom. The van der Waals surface area contributed by atoms with Crippen LogP contribution in [0.4, 0.5) is 13.2 Å². The van der Waals surface area contributed by atoms with Crippen molar-refractivity contribution in [2.45, 2.75) is 51.4 Å². The van der Waals surface area contributed by atoms with E-state index in [-0.39, 0.29) is 5.82 Å². The molecule has 0 saturated carbocycles. The van der Waals surface area contributed by atoms with Gasteiger partial charge in [0.2, 0.25) is 5.82 Å². The molecule has 0 spiro atoms. The number of hydrogen-bond acceptors (Lipinski definition) is 5. The summed E-state index contributed by atoms with van der Waals surface area (Å²) in [6.07, 6.45) is -4.18. The molecule has 1 rings (SSSR count). The van der Waals surface area contributed by atoms with Crippen LogP contribution in [-0.4, -0.2) is 22.9 Å². The van der Waals surface area contributed by atoms with Crippen molar-refractivity contribution in [3.8, 4) is 0 Å². The Hall–Kier alpha value is -1.15. The van der Waals surface area contributed by atoms with E-state index in [0.29, 0.717) is 13.0 Å². The molecule has 1 heterocycles. The van der Waals surface area contributed by atoms with Crippen molar-refractivity contribution in [3.05, 3.63) is 11.7 Å². The molecule has 0 aliphatic rings. The summed E-state index contributed by atoms with van der Waals surface area (Å²) in [6, 6.07) is 0. The first kappa shape index (κ1) is 15.9. The van der Waals surface area contributed by atoms with Gasteiger partial charge in [0.15, 0.2) is 5.54 Å². The van der Waals surface area contributed by atoms with Crippen LogP contribution < -0.4 is 5.73 Å². The van der Waals surface area contributed by atoms with Gasteiger partial charge >= 0.3 is 6.18 Å². The third-order valence-electron chi connectivity index (χ3n) is 3.07. The van der Waals surface area contributed by atoms with E-state index in [1.54, 1.807) is 13.8 Å². The fourth-order valence-electron chi connectivity index (χ4n) is 1.41. The lowest BCUT2D eigenvalue weighted by Crippen LogP contribution is -2.48. The van der Waals surface area contributed by atoms with Gasteiger partial charge in [0.1, 0.15) is 5.60 Å². The second-order valence-electron chi connectivity index (χ2n) is 4.64. The summed E-state index contributed by atoms with van der Waals surface area (Å²) in [4.78, 5) is 3.76. The highest BCUT2D eigenvalue weighted by molar-refractivity contribution is 5.07. The molecule has 2 unspecified atom stereocenters. The Morgan fingerprint density at radius 2 is 1.84 bits per heavy atom. The molecule has 0 aromatic carbocycles. The zero-order valence-electron chi connectivity index (χ0n) is 11.3. The maximum atomic E-state index is 12.8. The summed E-state index contributed by atoms with van der Waals surface area (Å²) >= 11 is 0. The fraction of sp³-hybridized carbons (Fsp3) is 0.818. The number of halogens is 3. The molecule has 2 N–H and O–H groups in total. The Labute approximate surface area is 109 Å². The minimum Gasteiger partial charge on any atom is -0.367 e. The van der Waals surface area contributed by atoms with Crippen molar-refractivity contribution in [3.63, 3.8) is 0 Å². The van der Waals surface area contributed by atoms with Crippen LogP contribution in [0.1, 0.15) is 45.8 Å². The second kappa shape index (κ2) is 5.09. The fourth-order valence-corrected chi connectivity index (χ4v) is 1.41. The summed E-state index contributed by atoms with van der Waals surface area (Å²) in [5.41, 5.74) is 1.65. The van der Waals surface area contributed by atoms with E-state index in [2.05, 4.69) is 14.7 Å². The number of nitrogens with two attached hydrogens (primary N) is 1. The average Bonchev–Trinajstić information content (AvgIpc) is 2.78. The third-order valence-corrected chi connectivity index (χ3v) is 3.07. The van der Waals surface area contributed by atoms with Crippen LogP contribution in [0.5, 0.6) is 0 Å². The van der Waals surface area contributed by atoms with Crippen LogP contribution in [0.3, 0.4) is 0 Å². The lowest BCUT2D eigenvalue weighted by atomic mass is 10.0. The molecular weight excluding hydrogens is 263 g/mol. The highest BCUT2D eigenvalue weighted by Crippen LogP contribution is 2.36. The van der Waals surface area contributed by atoms with E-state index in [4.69, 9.17) is 10.5 Å². The van der Waals surface area contributed by atoms with Gasteiger partial charge in [-0.1, -0.05) is 12.1 Å². The Kier molecular flexibility index (Phi) is 4.26. The summed E-state index contributed by atoms with van der Waals surface area (Å²) < 4.78 is 48.4. The van der Waals surface area contributed by atoms with E-state index in [1.165, 1.54) is 0 Å². The number of ether oxygens (including phenoxy) is 1. The average molecular weight is 281 g/mol. The largest absolute Gasteiger partial charge is 0.415 e. The van der Waals surface area contributed by atoms with Gasteiger partial charge in [-0.3, -0.25) is 0 Å². The molecule has 1 aromatic heterocycles. The van der Waals surface area contributed by atoms with E-state index >= 15 is 0 Å². The summed E-state index contributed by atoms with van der Waals surface area (Å²) in [5.74, 6) is -0.609. The molecule has 2 atom stereocenters. The van der Waals surface area contributed by atoms with Crippen LogP contribution in [0, 0.1) is 0 Å². The van der Waals surface area contributed by atoms with Gasteiger partial charge in [0.25, 0.3) is 5.89 Å². The molecule has 5 nitrogen and oxygen atoms in total. The van der Waals surface area contributed by atoms with Gasteiger partial charge in [-0.05, 0) is 27.2 Å². The van der Waals surface area contributed by atoms with Gasteiger partial charge < -0.3 is 15.0 Å². The lowest BCUT2D eigenvalue weighted by Gasteiger charge is -2.25. The first-order valence-electron chi connectivity index (χ1n) is 5.92. The van der Waals surface area contributed by atoms with Crippen LogP contribution >= 0.6 is 0 Å². The molecule has 19 heavy (non-hydrogen) atoms.